The number of imidazole rings is 1. The number of benzene rings is 1. The fourth-order valence-corrected chi connectivity index (χ4v) is 2.50. The summed E-state index contributed by atoms with van der Waals surface area (Å²) in [7, 11) is 0. The number of carbonyl (C=O) groups is 1. The van der Waals surface area contributed by atoms with Gasteiger partial charge in [-0.25, -0.2) is 4.98 Å². The van der Waals surface area contributed by atoms with Crippen molar-refractivity contribution < 1.29 is 4.79 Å². The zero-order chi connectivity index (χ0) is 15.2. The molecule has 0 aliphatic heterocycles. The zero-order valence-electron chi connectivity index (χ0n) is 12.8. The third-order valence-electron chi connectivity index (χ3n) is 3.56. The highest BCUT2D eigenvalue weighted by atomic mass is 16.1. The van der Waals surface area contributed by atoms with E-state index in [4.69, 9.17) is 5.73 Å². The number of nitrogens with zero attached hydrogens (tertiary/aromatic N) is 2. The van der Waals surface area contributed by atoms with Crippen LogP contribution in [-0.4, -0.2) is 28.0 Å². The molecule has 0 aliphatic carbocycles. The molecule has 2 rings (SSSR count). The van der Waals surface area contributed by atoms with Gasteiger partial charge in [0.2, 0.25) is 5.91 Å². The molecule has 0 aliphatic rings. The minimum Gasteiger partial charge on any atom is -0.368 e. The van der Waals surface area contributed by atoms with Gasteiger partial charge in [0.05, 0.1) is 11.0 Å². The summed E-state index contributed by atoms with van der Waals surface area (Å²) < 4.78 is 2.12. The lowest BCUT2D eigenvalue weighted by molar-refractivity contribution is -0.120. The number of hydrogen-bond donors (Lipinski definition) is 2. The normalized spacial score (nSPS) is 12.7. The lowest BCUT2D eigenvalue weighted by atomic mass is 10.2. The van der Waals surface area contributed by atoms with Crippen LogP contribution in [0.15, 0.2) is 24.3 Å². The van der Waals surface area contributed by atoms with E-state index in [9.17, 15) is 4.79 Å². The molecule has 1 heterocycles. The second-order valence-electron chi connectivity index (χ2n) is 5.29. The van der Waals surface area contributed by atoms with E-state index in [0.717, 1.165) is 42.7 Å². The first-order valence-electron chi connectivity index (χ1n) is 7.64. The largest absolute Gasteiger partial charge is 0.368 e. The van der Waals surface area contributed by atoms with Gasteiger partial charge in [0.1, 0.15) is 11.9 Å². The lowest BCUT2D eigenvalue weighted by Crippen LogP contribution is -2.44. The predicted octanol–water partition coefficient (Wildman–Crippen LogP) is 1.84. The fraction of sp³-hybridized carbons (Fsp3) is 0.500. The van der Waals surface area contributed by atoms with Crippen LogP contribution in [0.25, 0.3) is 11.0 Å². The summed E-state index contributed by atoms with van der Waals surface area (Å²) in [6, 6.07) is 7.66. The van der Waals surface area contributed by atoms with Crippen LogP contribution in [0, 0.1) is 0 Å². The second-order valence-corrected chi connectivity index (χ2v) is 5.29. The Morgan fingerprint density at radius 2 is 2.10 bits per heavy atom. The van der Waals surface area contributed by atoms with Crippen molar-refractivity contribution in [2.24, 2.45) is 5.73 Å². The van der Waals surface area contributed by atoms with Gasteiger partial charge in [-0.3, -0.25) is 4.79 Å². The quantitative estimate of drug-likeness (QED) is 0.778. The highest BCUT2D eigenvalue weighted by molar-refractivity contribution is 5.80. The Bertz CT molecular complexity index is 605. The predicted molar refractivity (Wildman–Crippen MR) is 85.0 cm³/mol. The van der Waals surface area contributed by atoms with Crippen molar-refractivity contribution in [1.29, 1.82) is 0 Å². The van der Waals surface area contributed by atoms with E-state index >= 15 is 0 Å². The highest BCUT2D eigenvalue weighted by Gasteiger charge is 2.18. The van der Waals surface area contributed by atoms with Crippen molar-refractivity contribution in [1.82, 2.24) is 14.9 Å². The van der Waals surface area contributed by atoms with Crippen LogP contribution >= 0.6 is 0 Å². The lowest BCUT2D eigenvalue weighted by Gasteiger charge is -2.18. The average Bonchev–Trinajstić information content (AvgIpc) is 2.81. The molecule has 3 N–H and O–H groups in total. The molecule has 5 nitrogen and oxygen atoms in total. The van der Waals surface area contributed by atoms with Crippen molar-refractivity contribution in [3.63, 3.8) is 0 Å². The van der Waals surface area contributed by atoms with Gasteiger partial charge in [0.15, 0.2) is 0 Å². The van der Waals surface area contributed by atoms with E-state index in [1.54, 1.807) is 0 Å². The molecule has 0 radical (unpaired) electrons. The minimum absolute atomic E-state index is 0.316. The number of amides is 1. The molecule has 2 aromatic rings. The summed E-state index contributed by atoms with van der Waals surface area (Å²) in [6.07, 6.45) is 2.89. The van der Waals surface area contributed by atoms with Crippen LogP contribution in [0.5, 0.6) is 0 Å². The number of para-hydroxylation sites is 2. The Hall–Kier alpha value is -1.88. The van der Waals surface area contributed by atoms with Crippen molar-refractivity contribution in [2.75, 3.05) is 6.54 Å². The molecule has 0 bridgehead atoms. The van der Waals surface area contributed by atoms with Gasteiger partial charge in [0.25, 0.3) is 0 Å². The number of rotatable bonds is 8. The number of aryl methyl sites for hydroxylation is 1. The Kier molecular flexibility index (Phi) is 5.33. The topological polar surface area (TPSA) is 72.9 Å². The molecule has 0 saturated heterocycles. The van der Waals surface area contributed by atoms with Crippen molar-refractivity contribution in [2.45, 2.75) is 45.7 Å². The Balaban J connectivity index is 2.33. The van der Waals surface area contributed by atoms with Gasteiger partial charge in [-0.1, -0.05) is 26.0 Å². The first-order chi connectivity index (χ1) is 10.2. The van der Waals surface area contributed by atoms with Gasteiger partial charge >= 0.3 is 0 Å². The molecule has 1 atom stereocenters. The smallest absolute Gasteiger partial charge is 0.236 e. The van der Waals surface area contributed by atoms with Crippen LogP contribution in [0.1, 0.15) is 32.5 Å². The summed E-state index contributed by atoms with van der Waals surface area (Å²) in [5, 5.41) is 3.22. The third-order valence-corrected chi connectivity index (χ3v) is 3.56. The summed E-state index contributed by atoms with van der Waals surface area (Å²) in [5.74, 6) is 0.701. The Morgan fingerprint density at radius 1 is 1.33 bits per heavy atom. The summed E-state index contributed by atoms with van der Waals surface area (Å²) in [6.45, 7) is 5.51. The number of primary amides is 1. The molecule has 0 spiro atoms. The minimum atomic E-state index is -0.363. The van der Waals surface area contributed by atoms with Gasteiger partial charge < -0.3 is 15.6 Å². The van der Waals surface area contributed by atoms with E-state index in [1.165, 1.54) is 0 Å². The number of nitrogens with two attached hydrogens (primary N) is 1. The summed E-state index contributed by atoms with van der Waals surface area (Å²) >= 11 is 0. The van der Waals surface area contributed by atoms with E-state index in [1.807, 2.05) is 24.3 Å². The first kappa shape index (κ1) is 15.5. The van der Waals surface area contributed by atoms with Crippen LogP contribution in [-0.2, 0) is 17.8 Å². The van der Waals surface area contributed by atoms with Crippen molar-refractivity contribution in [3.8, 4) is 0 Å². The van der Waals surface area contributed by atoms with Crippen LogP contribution in [0.2, 0.25) is 0 Å². The van der Waals surface area contributed by atoms with Crippen LogP contribution in [0.3, 0.4) is 0 Å². The molecule has 1 amide bonds. The SMILES string of the molecule is CCCNC(Cn1c(CCC)nc2ccccc21)C(N)=O. The average molecular weight is 288 g/mol. The maximum atomic E-state index is 11.7. The molecule has 0 fully saturated rings. The summed E-state index contributed by atoms with van der Waals surface area (Å²) in [5.41, 5.74) is 7.56. The molecule has 5 heteroatoms. The van der Waals surface area contributed by atoms with E-state index < -0.39 is 0 Å². The van der Waals surface area contributed by atoms with Crippen LogP contribution < -0.4 is 11.1 Å². The maximum absolute atomic E-state index is 11.7. The van der Waals surface area contributed by atoms with E-state index in [0.29, 0.717) is 6.54 Å². The first-order valence-corrected chi connectivity index (χ1v) is 7.64. The highest BCUT2D eigenvalue weighted by Crippen LogP contribution is 2.17. The van der Waals surface area contributed by atoms with Crippen molar-refractivity contribution in [3.05, 3.63) is 30.1 Å². The van der Waals surface area contributed by atoms with Gasteiger partial charge in [-0.05, 0) is 31.5 Å². The molecular formula is C16H24N4O. The Morgan fingerprint density at radius 3 is 2.76 bits per heavy atom. The van der Waals surface area contributed by atoms with Crippen LogP contribution in [0.4, 0.5) is 0 Å². The monoisotopic (exact) mass is 288 g/mol. The number of aromatic nitrogens is 2. The van der Waals surface area contributed by atoms with Gasteiger partial charge in [0, 0.05) is 13.0 Å². The molecule has 21 heavy (non-hydrogen) atoms. The number of nitrogens with one attached hydrogen (secondary N) is 1. The zero-order valence-corrected chi connectivity index (χ0v) is 12.8. The molecule has 114 valence electrons. The molecule has 1 aromatic heterocycles. The summed E-state index contributed by atoms with van der Waals surface area (Å²) in [4.78, 5) is 16.3. The number of hydrogen-bond acceptors (Lipinski definition) is 3. The third kappa shape index (κ3) is 3.61. The molecule has 1 unspecified atom stereocenters. The standard InChI is InChI=1S/C16H24N4O/c1-3-7-15-19-12-8-5-6-9-14(12)20(15)11-13(16(17)21)18-10-4-2/h5-6,8-9,13,18H,3-4,7,10-11H2,1-2H3,(H2,17,21). The maximum Gasteiger partial charge on any atom is 0.236 e. The molecule has 1 aromatic carbocycles. The second kappa shape index (κ2) is 7.22. The number of fused-ring (bicyclic) bond motifs is 1. The van der Waals surface area contributed by atoms with E-state index in [2.05, 4.69) is 28.7 Å². The van der Waals surface area contributed by atoms with Crippen molar-refractivity contribution >= 4 is 16.9 Å². The van der Waals surface area contributed by atoms with Gasteiger partial charge in [-0.15, -0.1) is 0 Å². The van der Waals surface area contributed by atoms with E-state index in [-0.39, 0.29) is 11.9 Å². The van der Waals surface area contributed by atoms with Gasteiger partial charge in [-0.2, -0.15) is 0 Å². The molecule has 0 saturated carbocycles. The molecular weight excluding hydrogens is 264 g/mol. The Labute approximate surface area is 125 Å². The fourth-order valence-electron chi connectivity index (χ4n) is 2.50. The number of carbonyl (C=O) groups excluding carboxylic acids is 1.